The van der Waals surface area contributed by atoms with E-state index in [1.807, 2.05) is 30.3 Å². The highest BCUT2D eigenvalue weighted by Gasteiger charge is 2.41. The van der Waals surface area contributed by atoms with Gasteiger partial charge in [-0.2, -0.15) is 0 Å². The molecule has 3 atom stereocenters. The van der Waals surface area contributed by atoms with Crippen LogP contribution in [0, 0.1) is 0 Å². The van der Waals surface area contributed by atoms with Gasteiger partial charge in [0.1, 0.15) is 5.75 Å². The second kappa shape index (κ2) is 10.9. The Morgan fingerprint density at radius 1 is 1.24 bits per heavy atom. The Morgan fingerprint density at radius 3 is 2.76 bits per heavy atom. The standard InChI is InChI=1S/C19H29N3O2.HI/c1-2-20-19(22-17-14-16-10-11-18(17)24-16)21-12-6-7-13-23-15-8-4-3-5-9-15;/h3-5,8-9,16-18H,2,6-7,10-14H2,1H3,(H2,20,21,22);1H. The summed E-state index contributed by atoms with van der Waals surface area (Å²) < 4.78 is 11.6. The summed E-state index contributed by atoms with van der Waals surface area (Å²) in [4.78, 5) is 4.69. The Morgan fingerprint density at radius 2 is 2.08 bits per heavy atom. The fourth-order valence-corrected chi connectivity index (χ4v) is 3.40. The molecule has 1 aromatic carbocycles. The van der Waals surface area contributed by atoms with Crippen molar-refractivity contribution in [3.05, 3.63) is 30.3 Å². The molecule has 1 aromatic rings. The average Bonchev–Trinajstić information content (AvgIpc) is 3.22. The van der Waals surface area contributed by atoms with Crippen molar-refractivity contribution in [2.45, 2.75) is 57.3 Å². The van der Waals surface area contributed by atoms with Gasteiger partial charge in [0, 0.05) is 13.1 Å². The van der Waals surface area contributed by atoms with E-state index in [4.69, 9.17) is 9.47 Å². The van der Waals surface area contributed by atoms with Crippen molar-refractivity contribution in [3.63, 3.8) is 0 Å². The van der Waals surface area contributed by atoms with Gasteiger partial charge in [-0.05, 0) is 51.2 Å². The summed E-state index contributed by atoms with van der Waals surface area (Å²) in [6, 6.07) is 10.4. The zero-order valence-electron chi connectivity index (χ0n) is 14.9. The molecule has 2 N–H and O–H groups in total. The van der Waals surface area contributed by atoms with Crippen molar-refractivity contribution in [3.8, 4) is 5.75 Å². The zero-order chi connectivity index (χ0) is 16.6. The van der Waals surface area contributed by atoms with Crippen LogP contribution in [-0.2, 0) is 4.74 Å². The van der Waals surface area contributed by atoms with E-state index in [9.17, 15) is 0 Å². The molecule has 140 valence electrons. The maximum atomic E-state index is 5.90. The van der Waals surface area contributed by atoms with Crippen LogP contribution in [0.5, 0.6) is 5.75 Å². The van der Waals surface area contributed by atoms with Gasteiger partial charge in [-0.25, -0.2) is 0 Å². The first kappa shape index (κ1) is 20.3. The van der Waals surface area contributed by atoms with E-state index in [0.29, 0.717) is 18.2 Å². The highest BCUT2D eigenvalue weighted by Crippen LogP contribution is 2.34. The lowest BCUT2D eigenvalue weighted by Crippen LogP contribution is -2.47. The van der Waals surface area contributed by atoms with Crippen LogP contribution in [-0.4, -0.2) is 43.9 Å². The minimum absolute atomic E-state index is 0. The fourth-order valence-electron chi connectivity index (χ4n) is 3.40. The summed E-state index contributed by atoms with van der Waals surface area (Å²) in [6.07, 6.45) is 6.38. The molecule has 2 fully saturated rings. The Labute approximate surface area is 168 Å². The SMILES string of the molecule is CCNC(=NCCCCOc1ccccc1)NC1CC2CCC1O2.I. The van der Waals surface area contributed by atoms with Crippen molar-refractivity contribution in [2.75, 3.05) is 19.7 Å². The largest absolute Gasteiger partial charge is 0.494 e. The molecule has 2 aliphatic rings. The zero-order valence-corrected chi connectivity index (χ0v) is 17.3. The molecule has 6 heteroatoms. The van der Waals surface area contributed by atoms with Crippen LogP contribution < -0.4 is 15.4 Å². The molecule has 0 amide bonds. The van der Waals surface area contributed by atoms with E-state index >= 15 is 0 Å². The van der Waals surface area contributed by atoms with Crippen LogP contribution in [0.2, 0.25) is 0 Å². The lowest BCUT2D eigenvalue weighted by molar-refractivity contribution is 0.0992. The van der Waals surface area contributed by atoms with Crippen LogP contribution >= 0.6 is 24.0 Å². The van der Waals surface area contributed by atoms with Gasteiger partial charge in [0.15, 0.2) is 5.96 Å². The van der Waals surface area contributed by atoms with Gasteiger partial charge in [-0.3, -0.25) is 4.99 Å². The molecule has 25 heavy (non-hydrogen) atoms. The number of ether oxygens (including phenoxy) is 2. The number of halogens is 1. The molecule has 2 aliphatic heterocycles. The average molecular weight is 459 g/mol. The monoisotopic (exact) mass is 459 g/mol. The van der Waals surface area contributed by atoms with E-state index in [0.717, 1.165) is 50.7 Å². The van der Waals surface area contributed by atoms with Crippen LogP contribution in [0.15, 0.2) is 35.3 Å². The molecular weight excluding hydrogens is 429 g/mol. The number of hydrogen-bond donors (Lipinski definition) is 2. The lowest BCUT2D eigenvalue weighted by atomic mass is 9.96. The summed E-state index contributed by atoms with van der Waals surface area (Å²) in [5.74, 6) is 1.86. The highest BCUT2D eigenvalue weighted by molar-refractivity contribution is 14.0. The smallest absolute Gasteiger partial charge is 0.191 e. The van der Waals surface area contributed by atoms with Crippen LogP contribution in [0.1, 0.15) is 39.0 Å². The molecule has 0 spiro atoms. The molecule has 3 unspecified atom stereocenters. The summed E-state index contributed by atoms with van der Waals surface area (Å²) in [5, 5.41) is 6.89. The molecule has 2 heterocycles. The normalized spacial score (nSPS) is 24.7. The third-order valence-electron chi connectivity index (χ3n) is 4.61. The number of benzene rings is 1. The molecule has 0 aliphatic carbocycles. The number of guanidine groups is 1. The Bertz CT molecular complexity index is 527. The lowest BCUT2D eigenvalue weighted by Gasteiger charge is -2.22. The summed E-state index contributed by atoms with van der Waals surface area (Å²) in [5.41, 5.74) is 0. The Balaban J connectivity index is 0.00000225. The van der Waals surface area contributed by atoms with Crippen molar-refractivity contribution >= 4 is 29.9 Å². The molecule has 0 radical (unpaired) electrons. The minimum Gasteiger partial charge on any atom is -0.494 e. The summed E-state index contributed by atoms with van der Waals surface area (Å²) in [7, 11) is 0. The number of unbranched alkanes of at least 4 members (excludes halogenated alkanes) is 1. The first-order chi connectivity index (χ1) is 11.8. The number of hydrogen-bond acceptors (Lipinski definition) is 3. The molecule has 2 bridgehead atoms. The minimum atomic E-state index is 0. The Hall–Kier alpha value is -1.02. The number of aliphatic imine (C=N–C) groups is 1. The van der Waals surface area contributed by atoms with Gasteiger partial charge in [-0.15, -0.1) is 24.0 Å². The second-order valence-electron chi connectivity index (χ2n) is 6.49. The number of nitrogens with zero attached hydrogens (tertiary/aromatic N) is 1. The van der Waals surface area contributed by atoms with E-state index in [2.05, 4.69) is 22.5 Å². The van der Waals surface area contributed by atoms with E-state index in [1.165, 1.54) is 12.8 Å². The predicted molar refractivity (Wildman–Crippen MR) is 112 cm³/mol. The number of fused-ring (bicyclic) bond motifs is 2. The molecule has 0 saturated carbocycles. The van der Waals surface area contributed by atoms with Crippen molar-refractivity contribution in [2.24, 2.45) is 4.99 Å². The molecule has 3 rings (SSSR count). The molecular formula is C19H30IN3O2. The number of nitrogens with one attached hydrogen (secondary N) is 2. The fraction of sp³-hybridized carbons (Fsp3) is 0.632. The molecule has 0 aromatic heterocycles. The highest BCUT2D eigenvalue weighted by atomic mass is 127. The van der Waals surface area contributed by atoms with Gasteiger partial charge in [0.05, 0.1) is 24.9 Å². The van der Waals surface area contributed by atoms with Gasteiger partial charge < -0.3 is 20.1 Å². The quantitative estimate of drug-likeness (QED) is 0.271. The van der Waals surface area contributed by atoms with Gasteiger partial charge in [-0.1, -0.05) is 18.2 Å². The van der Waals surface area contributed by atoms with Crippen LogP contribution in [0.4, 0.5) is 0 Å². The summed E-state index contributed by atoms with van der Waals surface area (Å²) in [6.45, 7) is 4.53. The summed E-state index contributed by atoms with van der Waals surface area (Å²) >= 11 is 0. The Kier molecular flexibility index (Phi) is 8.81. The van der Waals surface area contributed by atoms with Crippen LogP contribution in [0.3, 0.4) is 0 Å². The first-order valence-electron chi connectivity index (χ1n) is 9.23. The van der Waals surface area contributed by atoms with Crippen molar-refractivity contribution < 1.29 is 9.47 Å². The van der Waals surface area contributed by atoms with Gasteiger partial charge in [0.2, 0.25) is 0 Å². The van der Waals surface area contributed by atoms with E-state index < -0.39 is 0 Å². The van der Waals surface area contributed by atoms with Crippen molar-refractivity contribution in [1.29, 1.82) is 0 Å². The van der Waals surface area contributed by atoms with Crippen molar-refractivity contribution in [1.82, 2.24) is 10.6 Å². The molecule has 2 saturated heterocycles. The molecule has 5 nitrogen and oxygen atoms in total. The number of para-hydroxylation sites is 1. The maximum absolute atomic E-state index is 5.90. The third kappa shape index (κ3) is 6.33. The first-order valence-corrected chi connectivity index (χ1v) is 9.23. The number of rotatable bonds is 8. The van der Waals surface area contributed by atoms with Gasteiger partial charge >= 0.3 is 0 Å². The van der Waals surface area contributed by atoms with Crippen LogP contribution in [0.25, 0.3) is 0 Å². The third-order valence-corrected chi connectivity index (χ3v) is 4.61. The maximum Gasteiger partial charge on any atom is 0.191 e. The topological polar surface area (TPSA) is 54.9 Å². The van der Waals surface area contributed by atoms with E-state index in [-0.39, 0.29) is 24.0 Å². The second-order valence-corrected chi connectivity index (χ2v) is 6.49. The van der Waals surface area contributed by atoms with Gasteiger partial charge in [0.25, 0.3) is 0 Å². The van der Waals surface area contributed by atoms with E-state index in [1.54, 1.807) is 0 Å². The predicted octanol–water partition coefficient (Wildman–Crippen LogP) is 3.34.